The van der Waals surface area contributed by atoms with Crippen molar-refractivity contribution >= 4 is 9.84 Å². The van der Waals surface area contributed by atoms with Crippen molar-refractivity contribution in [3.8, 4) is 0 Å². The zero-order valence-electron chi connectivity index (χ0n) is 12.1. The second kappa shape index (κ2) is 7.49. The molecule has 0 unspecified atom stereocenters. The van der Waals surface area contributed by atoms with E-state index in [1.807, 2.05) is 0 Å². The summed E-state index contributed by atoms with van der Waals surface area (Å²) in [5.74, 6) is 1.96. The molecule has 0 aliphatic heterocycles. The Bertz CT molecular complexity index is 317. The van der Waals surface area contributed by atoms with E-state index in [2.05, 4.69) is 12.2 Å². The maximum atomic E-state index is 11.6. The van der Waals surface area contributed by atoms with E-state index < -0.39 is 9.84 Å². The standard InChI is InChI=1S/C14H29NO2S/c1-4-13-5-7-14(8-6-13)11-15-9-10-18(16,17)12(2)3/h12-15H,4-11H2,1-3H3. The Morgan fingerprint density at radius 1 is 1.11 bits per heavy atom. The third-order valence-corrected chi connectivity index (χ3v) is 6.47. The lowest BCUT2D eigenvalue weighted by Gasteiger charge is -2.27. The van der Waals surface area contributed by atoms with Crippen LogP contribution in [0.1, 0.15) is 52.9 Å². The topological polar surface area (TPSA) is 46.2 Å². The first-order chi connectivity index (χ1) is 8.45. The second-order valence-corrected chi connectivity index (χ2v) is 8.59. The van der Waals surface area contributed by atoms with E-state index in [1.165, 1.54) is 32.1 Å². The summed E-state index contributed by atoms with van der Waals surface area (Å²) in [4.78, 5) is 0. The Morgan fingerprint density at radius 3 is 2.17 bits per heavy atom. The molecule has 0 amide bonds. The number of sulfone groups is 1. The van der Waals surface area contributed by atoms with Gasteiger partial charge in [-0.1, -0.05) is 26.2 Å². The van der Waals surface area contributed by atoms with Gasteiger partial charge in [0, 0.05) is 6.54 Å². The molecule has 0 spiro atoms. The molecule has 3 nitrogen and oxygen atoms in total. The minimum absolute atomic E-state index is 0.251. The molecule has 0 saturated heterocycles. The Hall–Kier alpha value is -0.0900. The first kappa shape index (κ1) is 16.0. The van der Waals surface area contributed by atoms with Gasteiger partial charge >= 0.3 is 0 Å². The van der Waals surface area contributed by atoms with Crippen LogP contribution in [0.3, 0.4) is 0 Å². The summed E-state index contributed by atoms with van der Waals surface area (Å²) < 4.78 is 23.2. The van der Waals surface area contributed by atoms with Crippen molar-refractivity contribution < 1.29 is 8.42 Å². The molecule has 0 aromatic heterocycles. The maximum Gasteiger partial charge on any atom is 0.153 e. The Balaban J connectivity index is 2.12. The van der Waals surface area contributed by atoms with Crippen molar-refractivity contribution in [1.82, 2.24) is 5.32 Å². The van der Waals surface area contributed by atoms with Crippen molar-refractivity contribution in [1.29, 1.82) is 0 Å². The maximum absolute atomic E-state index is 11.6. The highest BCUT2D eigenvalue weighted by atomic mass is 32.2. The van der Waals surface area contributed by atoms with Crippen LogP contribution < -0.4 is 5.32 Å². The molecule has 108 valence electrons. The molecule has 1 rings (SSSR count). The molecular formula is C14H29NO2S. The molecule has 0 aromatic carbocycles. The van der Waals surface area contributed by atoms with E-state index in [9.17, 15) is 8.42 Å². The molecule has 0 aromatic rings. The van der Waals surface area contributed by atoms with Crippen LogP contribution in [-0.2, 0) is 9.84 Å². The van der Waals surface area contributed by atoms with Gasteiger partial charge in [-0.2, -0.15) is 0 Å². The van der Waals surface area contributed by atoms with Crippen LogP contribution in [0.15, 0.2) is 0 Å². The number of rotatable bonds is 7. The molecule has 4 heteroatoms. The van der Waals surface area contributed by atoms with Gasteiger partial charge in [-0.05, 0) is 45.1 Å². The van der Waals surface area contributed by atoms with Gasteiger partial charge < -0.3 is 5.32 Å². The van der Waals surface area contributed by atoms with E-state index in [1.54, 1.807) is 13.8 Å². The molecule has 0 heterocycles. The molecular weight excluding hydrogens is 246 g/mol. The van der Waals surface area contributed by atoms with Gasteiger partial charge in [0.1, 0.15) is 0 Å². The summed E-state index contributed by atoms with van der Waals surface area (Å²) in [5.41, 5.74) is 0. The molecule has 1 fully saturated rings. The Morgan fingerprint density at radius 2 is 1.67 bits per heavy atom. The van der Waals surface area contributed by atoms with Crippen LogP contribution in [0, 0.1) is 11.8 Å². The fraction of sp³-hybridized carbons (Fsp3) is 1.00. The summed E-state index contributed by atoms with van der Waals surface area (Å²) in [6, 6.07) is 0. The molecule has 18 heavy (non-hydrogen) atoms. The van der Waals surface area contributed by atoms with Crippen LogP contribution in [0.5, 0.6) is 0 Å². The summed E-state index contributed by atoms with van der Waals surface area (Å²) in [5, 5.41) is 3.07. The SMILES string of the molecule is CCC1CCC(CNCCS(=O)(=O)C(C)C)CC1. The normalized spacial score (nSPS) is 25.6. The molecule has 1 aliphatic rings. The molecule has 1 saturated carbocycles. The lowest BCUT2D eigenvalue weighted by Crippen LogP contribution is -2.31. The smallest absolute Gasteiger partial charge is 0.153 e. The predicted molar refractivity (Wildman–Crippen MR) is 77.5 cm³/mol. The van der Waals surface area contributed by atoms with E-state index in [-0.39, 0.29) is 11.0 Å². The molecule has 0 bridgehead atoms. The van der Waals surface area contributed by atoms with Crippen LogP contribution in [-0.4, -0.2) is 32.5 Å². The van der Waals surface area contributed by atoms with Gasteiger partial charge in [-0.15, -0.1) is 0 Å². The van der Waals surface area contributed by atoms with Crippen molar-refractivity contribution in [2.45, 2.75) is 58.1 Å². The van der Waals surface area contributed by atoms with Gasteiger partial charge in [-0.3, -0.25) is 0 Å². The van der Waals surface area contributed by atoms with Gasteiger partial charge in [0.2, 0.25) is 0 Å². The minimum atomic E-state index is -2.88. The fourth-order valence-corrected chi connectivity index (χ4v) is 3.50. The van der Waals surface area contributed by atoms with Gasteiger partial charge in [-0.25, -0.2) is 8.42 Å². The van der Waals surface area contributed by atoms with E-state index >= 15 is 0 Å². The quantitative estimate of drug-likeness (QED) is 0.727. The fourth-order valence-electron chi connectivity index (χ4n) is 2.60. The van der Waals surface area contributed by atoms with Crippen LogP contribution in [0.4, 0.5) is 0 Å². The van der Waals surface area contributed by atoms with Crippen molar-refractivity contribution in [2.75, 3.05) is 18.8 Å². The van der Waals surface area contributed by atoms with E-state index in [4.69, 9.17) is 0 Å². The largest absolute Gasteiger partial charge is 0.315 e. The number of hydrogen-bond donors (Lipinski definition) is 1. The Labute approximate surface area is 113 Å². The van der Waals surface area contributed by atoms with Gasteiger partial charge in [0.05, 0.1) is 11.0 Å². The number of nitrogens with one attached hydrogen (secondary N) is 1. The van der Waals surface area contributed by atoms with Gasteiger partial charge in [0.25, 0.3) is 0 Å². The third kappa shape index (κ3) is 5.27. The molecule has 1 aliphatic carbocycles. The van der Waals surface area contributed by atoms with E-state index in [0.29, 0.717) is 6.54 Å². The average Bonchev–Trinajstić information content (AvgIpc) is 2.35. The lowest BCUT2D eigenvalue weighted by atomic mass is 9.81. The number of hydrogen-bond acceptors (Lipinski definition) is 3. The lowest BCUT2D eigenvalue weighted by molar-refractivity contribution is 0.264. The Kier molecular flexibility index (Phi) is 6.64. The highest BCUT2D eigenvalue weighted by Gasteiger charge is 2.20. The highest BCUT2D eigenvalue weighted by Crippen LogP contribution is 2.29. The first-order valence-electron chi connectivity index (χ1n) is 7.38. The first-order valence-corrected chi connectivity index (χ1v) is 9.09. The monoisotopic (exact) mass is 275 g/mol. The zero-order chi connectivity index (χ0) is 13.6. The minimum Gasteiger partial charge on any atom is -0.315 e. The van der Waals surface area contributed by atoms with Crippen LogP contribution in [0.25, 0.3) is 0 Å². The van der Waals surface area contributed by atoms with Gasteiger partial charge in [0.15, 0.2) is 9.84 Å². The van der Waals surface area contributed by atoms with Crippen LogP contribution in [0.2, 0.25) is 0 Å². The van der Waals surface area contributed by atoms with Crippen molar-refractivity contribution in [3.63, 3.8) is 0 Å². The third-order valence-electron chi connectivity index (χ3n) is 4.26. The van der Waals surface area contributed by atoms with Crippen molar-refractivity contribution in [2.24, 2.45) is 11.8 Å². The zero-order valence-corrected chi connectivity index (χ0v) is 12.9. The van der Waals surface area contributed by atoms with Crippen LogP contribution >= 0.6 is 0 Å². The summed E-state index contributed by atoms with van der Waals surface area (Å²) in [6.07, 6.45) is 6.64. The highest BCUT2D eigenvalue weighted by molar-refractivity contribution is 7.92. The van der Waals surface area contributed by atoms with Crippen molar-refractivity contribution in [3.05, 3.63) is 0 Å². The van der Waals surface area contributed by atoms with E-state index in [0.717, 1.165) is 18.4 Å². The summed E-state index contributed by atoms with van der Waals surface area (Å²) >= 11 is 0. The molecule has 1 N–H and O–H groups in total. The predicted octanol–water partition coefficient (Wildman–Crippen LogP) is 2.62. The summed E-state index contributed by atoms with van der Waals surface area (Å²) in [7, 11) is -2.88. The molecule has 0 atom stereocenters. The average molecular weight is 275 g/mol. The molecule has 0 radical (unpaired) electrons. The summed E-state index contributed by atoms with van der Waals surface area (Å²) in [6.45, 7) is 7.38. The second-order valence-electron chi connectivity index (χ2n) is 5.91.